The fourth-order valence-corrected chi connectivity index (χ4v) is 2.54. The quantitative estimate of drug-likeness (QED) is 0.574. The van der Waals surface area contributed by atoms with Crippen LogP contribution in [0.3, 0.4) is 0 Å². The normalized spacial score (nSPS) is 10.2. The van der Waals surface area contributed by atoms with E-state index in [1.54, 1.807) is 0 Å². The third kappa shape index (κ3) is 6.30. The average Bonchev–Trinajstić information content (AvgIpc) is 2.60. The van der Waals surface area contributed by atoms with Gasteiger partial charge in [-0.15, -0.1) is 0 Å². The van der Waals surface area contributed by atoms with E-state index in [-0.39, 0.29) is 0 Å². The SMILES string of the molecule is CCCCCCCc1c[c]cc(C#Cc2ccc(CN)cc2)c1. The van der Waals surface area contributed by atoms with Gasteiger partial charge in [-0.2, -0.15) is 0 Å². The van der Waals surface area contributed by atoms with Crippen molar-refractivity contribution < 1.29 is 0 Å². The summed E-state index contributed by atoms with van der Waals surface area (Å²) >= 11 is 0. The van der Waals surface area contributed by atoms with Crippen molar-refractivity contribution in [2.75, 3.05) is 0 Å². The Morgan fingerprint density at radius 1 is 0.870 bits per heavy atom. The summed E-state index contributed by atoms with van der Waals surface area (Å²) in [5, 5.41) is 0. The fourth-order valence-electron chi connectivity index (χ4n) is 2.54. The Hall–Kier alpha value is -2.04. The minimum atomic E-state index is 0.572. The first-order chi connectivity index (χ1) is 11.3. The third-order valence-corrected chi connectivity index (χ3v) is 3.96. The second kappa shape index (κ2) is 9.87. The summed E-state index contributed by atoms with van der Waals surface area (Å²) in [7, 11) is 0. The molecule has 0 atom stereocenters. The van der Waals surface area contributed by atoms with Crippen molar-refractivity contribution in [3.63, 3.8) is 0 Å². The van der Waals surface area contributed by atoms with Crippen LogP contribution in [0, 0.1) is 17.9 Å². The fraction of sp³-hybridized carbons (Fsp3) is 0.364. The highest BCUT2D eigenvalue weighted by Gasteiger charge is 1.96. The van der Waals surface area contributed by atoms with E-state index in [1.807, 2.05) is 30.3 Å². The largest absolute Gasteiger partial charge is 0.326 e. The molecule has 0 aliphatic rings. The van der Waals surface area contributed by atoms with Crippen molar-refractivity contribution in [1.82, 2.24) is 0 Å². The number of aryl methyl sites for hydroxylation is 1. The van der Waals surface area contributed by atoms with Crippen LogP contribution in [0.15, 0.2) is 42.5 Å². The smallest absolute Gasteiger partial charge is 0.0257 e. The Bertz CT molecular complexity index is 644. The molecule has 0 fully saturated rings. The highest BCUT2D eigenvalue weighted by Crippen LogP contribution is 2.11. The second-order valence-electron chi connectivity index (χ2n) is 5.95. The molecule has 0 aliphatic heterocycles. The van der Waals surface area contributed by atoms with Crippen LogP contribution in [0.1, 0.15) is 61.3 Å². The summed E-state index contributed by atoms with van der Waals surface area (Å²) < 4.78 is 0. The predicted molar refractivity (Wildman–Crippen MR) is 98.1 cm³/mol. The highest BCUT2D eigenvalue weighted by molar-refractivity contribution is 5.44. The summed E-state index contributed by atoms with van der Waals surface area (Å²) in [4.78, 5) is 0. The Labute approximate surface area is 140 Å². The Morgan fingerprint density at radius 3 is 2.35 bits per heavy atom. The van der Waals surface area contributed by atoms with Crippen LogP contribution < -0.4 is 5.73 Å². The van der Waals surface area contributed by atoms with E-state index in [1.165, 1.54) is 37.7 Å². The van der Waals surface area contributed by atoms with E-state index in [0.717, 1.165) is 23.1 Å². The summed E-state index contributed by atoms with van der Waals surface area (Å²) in [6.07, 6.45) is 7.69. The van der Waals surface area contributed by atoms with Crippen molar-refractivity contribution in [2.45, 2.75) is 52.0 Å². The van der Waals surface area contributed by atoms with Gasteiger partial charge in [-0.3, -0.25) is 0 Å². The average molecular weight is 304 g/mol. The number of hydrogen-bond donors (Lipinski definition) is 1. The second-order valence-corrected chi connectivity index (χ2v) is 5.95. The number of benzene rings is 2. The Balaban J connectivity index is 1.93. The molecule has 0 saturated carbocycles. The summed E-state index contributed by atoms with van der Waals surface area (Å²) in [5.41, 5.74) is 10.1. The van der Waals surface area contributed by atoms with Gasteiger partial charge in [0.1, 0.15) is 0 Å². The van der Waals surface area contributed by atoms with Crippen LogP contribution in [-0.2, 0) is 13.0 Å². The van der Waals surface area contributed by atoms with Crippen molar-refractivity contribution in [3.05, 3.63) is 70.8 Å². The lowest BCUT2D eigenvalue weighted by Crippen LogP contribution is -1.95. The molecule has 2 rings (SSSR count). The van der Waals surface area contributed by atoms with Crippen molar-refractivity contribution in [2.24, 2.45) is 5.73 Å². The molecule has 0 saturated heterocycles. The van der Waals surface area contributed by atoms with Gasteiger partial charge < -0.3 is 5.73 Å². The first-order valence-corrected chi connectivity index (χ1v) is 8.63. The van der Waals surface area contributed by atoms with Gasteiger partial charge in [-0.1, -0.05) is 62.6 Å². The van der Waals surface area contributed by atoms with Crippen molar-refractivity contribution in [3.8, 4) is 11.8 Å². The molecule has 1 heteroatoms. The maximum Gasteiger partial charge on any atom is 0.0257 e. The molecule has 119 valence electrons. The van der Waals surface area contributed by atoms with Gasteiger partial charge in [-0.25, -0.2) is 0 Å². The molecular formula is C22H26N. The molecule has 2 N–H and O–H groups in total. The Morgan fingerprint density at radius 2 is 1.61 bits per heavy atom. The number of hydrogen-bond acceptors (Lipinski definition) is 1. The van der Waals surface area contributed by atoms with E-state index >= 15 is 0 Å². The minimum absolute atomic E-state index is 0.572. The zero-order valence-corrected chi connectivity index (χ0v) is 14.1. The molecule has 0 heterocycles. The van der Waals surface area contributed by atoms with Crippen molar-refractivity contribution >= 4 is 0 Å². The molecule has 2 aromatic rings. The standard InChI is InChI=1S/C22H26N/c1-2-3-4-5-6-8-20-9-7-10-21(17-20)14-11-19-12-15-22(18-23)16-13-19/h9-10,12-13,15-17H,2-6,8,18,23H2,1H3. The lowest BCUT2D eigenvalue weighted by Gasteiger charge is -2.02. The molecule has 0 spiro atoms. The first kappa shape index (κ1) is 17.3. The number of unbranched alkanes of at least 4 members (excludes halogenated alkanes) is 4. The van der Waals surface area contributed by atoms with Gasteiger partial charge in [0.05, 0.1) is 0 Å². The molecule has 2 aromatic carbocycles. The molecule has 1 nitrogen and oxygen atoms in total. The van der Waals surface area contributed by atoms with E-state index < -0.39 is 0 Å². The summed E-state index contributed by atoms with van der Waals surface area (Å²) in [6, 6.07) is 17.6. The summed E-state index contributed by atoms with van der Waals surface area (Å²) in [6.45, 7) is 2.82. The number of nitrogens with two attached hydrogens (primary N) is 1. The molecule has 0 aliphatic carbocycles. The molecule has 1 radical (unpaired) electrons. The van der Waals surface area contributed by atoms with Crippen LogP contribution >= 0.6 is 0 Å². The zero-order chi connectivity index (χ0) is 16.3. The minimum Gasteiger partial charge on any atom is -0.326 e. The first-order valence-electron chi connectivity index (χ1n) is 8.63. The Kier molecular flexibility index (Phi) is 7.43. The zero-order valence-electron chi connectivity index (χ0n) is 14.1. The van der Waals surface area contributed by atoms with E-state index in [0.29, 0.717) is 6.54 Å². The van der Waals surface area contributed by atoms with Crippen LogP contribution in [0.2, 0.25) is 0 Å². The summed E-state index contributed by atoms with van der Waals surface area (Å²) in [5.74, 6) is 6.45. The lowest BCUT2D eigenvalue weighted by molar-refractivity contribution is 0.632. The molecule has 0 aromatic heterocycles. The van der Waals surface area contributed by atoms with Crippen LogP contribution in [0.5, 0.6) is 0 Å². The van der Waals surface area contributed by atoms with E-state index in [2.05, 4.69) is 37.0 Å². The van der Waals surface area contributed by atoms with Crippen LogP contribution in [-0.4, -0.2) is 0 Å². The van der Waals surface area contributed by atoms with Gasteiger partial charge in [0.15, 0.2) is 0 Å². The topological polar surface area (TPSA) is 26.0 Å². The van der Waals surface area contributed by atoms with Gasteiger partial charge in [0.25, 0.3) is 0 Å². The van der Waals surface area contributed by atoms with Gasteiger partial charge >= 0.3 is 0 Å². The highest BCUT2D eigenvalue weighted by atomic mass is 14.5. The third-order valence-electron chi connectivity index (χ3n) is 3.96. The van der Waals surface area contributed by atoms with Gasteiger partial charge in [0.2, 0.25) is 0 Å². The molecule has 0 bridgehead atoms. The lowest BCUT2D eigenvalue weighted by atomic mass is 10.0. The predicted octanol–water partition coefficient (Wildman–Crippen LogP) is 4.86. The van der Waals surface area contributed by atoms with Gasteiger partial charge in [-0.05, 0) is 54.3 Å². The van der Waals surface area contributed by atoms with Crippen LogP contribution in [0.25, 0.3) is 0 Å². The van der Waals surface area contributed by atoms with E-state index in [9.17, 15) is 0 Å². The van der Waals surface area contributed by atoms with Gasteiger partial charge in [0, 0.05) is 17.7 Å². The molecular weight excluding hydrogens is 278 g/mol. The van der Waals surface area contributed by atoms with E-state index in [4.69, 9.17) is 5.73 Å². The van der Waals surface area contributed by atoms with Crippen LogP contribution in [0.4, 0.5) is 0 Å². The molecule has 0 amide bonds. The maximum absolute atomic E-state index is 5.61. The monoisotopic (exact) mass is 304 g/mol. The maximum atomic E-state index is 5.61. The number of rotatable bonds is 7. The van der Waals surface area contributed by atoms with Crippen molar-refractivity contribution in [1.29, 1.82) is 0 Å². The molecule has 0 unspecified atom stereocenters. The molecule has 23 heavy (non-hydrogen) atoms.